The van der Waals surface area contributed by atoms with Crippen molar-refractivity contribution >= 4 is 35.4 Å². The van der Waals surface area contributed by atoms with Crippen LogP contribution >= 0.6 is 11.6 Å². The normalized spacial score (nSPS) is 27.5. The first kappa shape index (κ1) is 24.7. The number of nitrogens with zero attached hydrogens (tertiary/aromatic N) is 1. The molecule has 0 spiro atoms. The summed E-state index contributed by atoms with van der Waals surface area (Å²) in [5.74, 6) is -0.412. The number of anilines is 1. The molecule has 2 saturated carbocycles. The van der Waals surface area contributed by atoms with Gasteiger partial charge in [0.2, 0.25) is 6.41 Å². The maximum Gasteiger partial charge on any atom is 0.261 e. The predicted octanol–water partition coefficient (Wildman–Crippen LogP) is 2.27. The number of nitrogens with one attached hydrogen (secondary N) is 3. The van der Waals surface area contributed by atoms with Crippen molar-refractivity contribution < 1.29 is 14.0 Å². The Morgan fingerprint density at radius 1 is 1.30 bits per heavy atom. The SMILES string of the molecule is C=C(NC=O)C1(NC)CC2CC(/C(N)=C(\C(=O)Nc3ccc(F)c(Cl)c3)C(N)=NC)CC2C1. The van der Waals surface area contributed by atoms with Crippen LogP contribution in [0.4, 0.5) is 10.1 Å². The van der Waals surface area contributed by atoms with E-state index >= 15 is 0 Å². The molecule has 0 aromatic heterocycles. The molecule has 0 radical (unpaired) electrons. The summed E-state index contributed by atoms with van der Waals surface area (Å²) >= 11 is 5.82. The number of carbonyl (C=O) groups is 2. The van der Waals surface area contributed by atoms with Gasteiger partial charge in [-0.15, -0.1) is 0 Å². The number of likely N-dealkylation sites (N-methyl/N-ethyl adjacent to an activating group) is 1. The topological polar surface area (TPSA) is 135 Å². The summed E-state index contributed by atoms with van der Waals surface area (Å²) in [5, 5.41) is 8.61. The molecule has 178 valence electrons. The molecule has 0 aliphatic heterocycles. The molecule has 33 heavy (non-hydrogen) atoms. The Bertz CT molecular complexity index is 1010. The van der Waals surface area contributed by atoms with E-state index in [-0.39, 0.29) is 27.9 Å². The van der Waals surface area contributed by atoms with Crippen LogP contribution in [-0.2, 0) is 9.59 Å². The second kappa shape index (κ2) is 9.93. The van der Waals surface area contributed by atoms with Crippen LogP contribution in [0, 0.1) is 23.6 Å². The number of aliphatic imine (C=N–C) groups is 1. The number of hydrogen-bond donors (Lipinski definition) is 5. The highest BCUT2D eigenvalue weighted by Gasteiger charge is 2.51. The van der Waals surface area contributed by atoms with Gasteiger partial charge in [-0.1, -0.05) is 18.2 Å². The summed E-state index contributed by atoms with van der Waals surface area (Å²) < 4.78 is 13.5. The molecular weight excluding hydrogens is 447 g/mol. The minimum atomic E-state index is -0.583. The number of amidine groups is 1. The Labute approximate surface area is 197 Å². The predicted molar refractivity (Wildman–Crippen MR) is 128 cm³/mol. The van der Waals surface area contributed by atoms with Crippen molar-refractivity contribution in [2.75, 3.05) is 19.4 Å². The first-order valence-electron chi connectivity index (χ1n) is 10.7. The zero-order valence-electron chi connectivity index (χ0n) is 18.8. The van der Waals surface area contributed by atoms with Gasteiger partial charge in [-0.3, -0.25) is 14.6 Å². The number of allylic oxidation sites excluding steroid dienone is 1. The smallest absolute Gasteiger partial charge is 0.261 e. The van der Waals surface area contributed by atoms with E-state index < -0.39 is 11.7 Å². The van der Waals surface area contributed by atoms with Crippen molar-refractivity contribution in [1.29, 1.82) is 0 Å². The van der Waals surface area contributed by atoms with E-state index in [1.165, 1.54) is 25.2 Å². The number of rotatable bonds is 8. The van der Waals surface area contributed by atoms with E-state index in [1.807, 2.05) is 7.05 Å². The lowest BCUT2D eigenvalue weighted by Crippen LogP contribution is -2.47. The van der Waals surface area contributed by atoms with E-state index in [0.29, 0.717) is 35.3 Å². The molecular formula is C23H30ClFN6O2. The Kier molecular flexibility index (Phi) is 7.44. The highest BCUT2D eigenvalue weighted by atomic mass is 35.5. The maximum absolute atomic E-state index is 13.5. The highest BCUT2D eigenvalue weighted by molar-refractivity contribution is 6.31. The van der Waals surface area contributed by atoms with Crippen LogP contribution in [-0.4, -0.2) is 37.8 Å². The van der Waals surface area contributed by atoms with Crippen LogP contribution in [0.25, 0.3) is 0 Å². The molecule has 1 aromatic rings. The number of halogens is 2. The van der Waals surface area contributed by atoms with Crippen LogP contribution < -0.4 is 27.4 Å². The number of fused-ring (bicyclic) bond motifs is 1. The average molecular weight is 477 g/mol. The molecule has 2 unspecified atom stereocenters. The Morgan fingerprint density at radius 3 is 2.45 bits per heavy atom. The van der Waals surface area contributed by atoms with Gasteiger partial charge < -0.3 is 27.4 Å². The zero-order chi connectivity index (χ0) is 24.3. The molecule has 2 aliphatic carbocycles. The molecule has 0 heterocycles. The van der Waals surface area contributed by atoms with Gasteiger partial charge in [0.05, 0.1) is 10.6 Å². The number of nitrogens with two attached hydrogens (primary N) is 2. The Balaban J connectivity index is 1.81. The van der Waals surface area contributed by atoms with Crippen LogP contribution in [0.2, 0.25) is 5.02 Å². The molecule has 0 saturated heterocycles. The van der Waals surface area contributed by atoms with E-state index in [1.54, 1.807) is 0 Å². The van der Waals surface area contributed by atoms with E-state index in [2.05, 4.69) is 27.5 Å². The lowest BCUT2D eigenvalue weighted by Gasteiger charge is -2.32. The number of hydrogen-bond acceptors (Lipinski definition) is 5. The molecule has 2 aliphatic rings. The van der Waals surface area contributed by atoms with Crippen molar-refractivity contribution in [3.05, 3.63) is 52.6 Å². The van der Waals surface area contributed by atoms with Crippen molar-refractivity contribution in [3.63, 3.8) is 0 Å². The van der Waals surface area contributed by atoms with Gasteiger partial charge in [0, 0.05) is 24.1 Å². The molecule has 2 atom stereocenters. The monoisotopic (exact) mass is 476 g/mol. The van der Waals surface area contributed by atoms with Gasteiger partial charge in [0.25, 0.3) is 5.91 Å². The second-order valence-corrected chi connectivity index (χ2v) is 9.10. The van der Waals surface area contributed by atoms with Crippen LogP contribution in [0.15, 0.2) is 46.7 Å². The van der Waals surface area contributed by atoms with Gasteiger partial charge in [-0.05, 0) is 68.7 Å². The fraction of sp³-hybridized carbons (Fsp3) is 0.435. The van der Waals surface area contributed by atoms with Crippen LogP contribution in [0.1, 0.15) is 25.7 Å². The Hall–Kier alpha value is -2.91. The minimum Gasteiger partial charge on any atom is -0.401 e. The summed E-state index contributed by atoms with van der Waals surface area (Å²) in [6.07, 6.45) is 3.83. The number of amides is 2. The van der Waals surface area contributed by atoms with E-state index in [4.69, 9.17) is 23.1 Å². The lowest BCUT2D eigenvalue weighted by molar-refractivity contribution is -0.112. The molecule has 1 aromatic carbocycles. The highest BCUT2D eigenvalue weighted by Crippen LogP contribution is 2.53. The largest absolute Gasteiger partial charge is 0.401 e. The van der Waals surface area contributed by atoms with Gasteiger partial charge in [0.1, 0.15) is 17.2 Å². The first-order chi connectivity index (χ1) is 15.7. The third-order valence-electron chi connectivity index (χ3n) is 6.98. The summed E-state index contributed by atoms with van der Waals surface area (Å²) in [4.78, 5) is 27.9. The third kappa shape index (κ3) is 4.89. The fourth-order valence-corrected chi connectivity index (χ4v) is 5.41. The minimum absolute atomic E-state index is 0.0309. The number of carbonyl (C=O) groups excluding carboxylic acids is 2. The molecule has 2 fully saturated rings. The summed E-state index contributed by atoms with van der Waals surface area (Å²) in [6.45, 7) is 4.03. The van der Waals surface area contributed by atoms with Crippen molar-refractivity contribution in [2.45, 2.75) is 31.2 Å². The lowest BCUT2D eigenvalue weighted by atomic mass is 9.87. The van der Waals surface area contributed by atoms with Crippen molar-refractivity contribution in [1.82, 2.24) is 10.6 Å². The molecule has 0 bridgehead atoms. The standard InChI is InChI=1S/C23H30ClFN6O2/c1-12(30-11-32)23(29-3)9-14-6-13(7-15(14)10-23)20(26)19(21(27)28-2)22(33)31-16-4-5-18(25)17(24)8-16/h4-5,8,11,13-15,29H,1,6-7,9-10,26H2,2-3H3,(H2,27,28)(H,30,32)(H,31,33)/b20-19+. The Morgan fingerprint density at radius 2 is 1.94 bits per heavy atom. The quantitative estimate of drug-likeness (QED) is 0.170. The molecule has 10 heteroatoms. The molecule has 3 rings (SSSR count). The summed E-state index contributed by atoms with van der Waals surface area (Å²) in [6, 6.07) is 3.89. The van der Waals surface area contributed by atoms with Gasteiger partial charge in [-0.2, -0.15) is 0 Å². The van der Waals surface area contributed by atoms with Gasteiger partial charge >= 0.3 is 0 Å². The summed E-state index contributed by atoms with van der Waals surface area (Å²) in [5.41, 5.74) is 13.7. The molecule has 7 N–H and O–H groups in total. The first-order valence-corrected chi connectivity index (χ1v) is 11.1. The van der Waals surface area contributed by atoms with Gasteiger partial charge in [-0.25, -0.2) is 4.39 Å². The van der Waals surface area contributed by atoms with Crippen LogP contribution in [0.3, 0.4) is 0 Å². The van der Waals surface area contributed by atoms with E-state index in [0.717, 1.165) is 25.7 Å². The molecule has 8 nitrogen and oxygen atoms in total. The average Bonchev–Trinajstić information content (AvgIpc) is 3.33. The summed E-state index contributed by atoms with van der Waals surface area (Å²) in [7, 11) is 3.36. The fourth-order valence-electron chi connectivity index (χ4n) is 5.23. The van der Waals surface area contributed by atoms with Crippen molar-refractivity contribution in [2.24, 2.45) is 34.2 Å². The number of benzene rings is 1. The molecule has 2 amide bonds. The zero-order valence-corrected chi connectivity index (χ0v) is 19.5. The van der Waals surface area contributed by atoms with Crippen molar-refractivity contribution in [3.8, 4) is 0 Å². The van der Waals surface area contributed by atoms with Crippen LogP contribution in [0.5, 0.6) is 0 Å². The second-order valence-electron chi connectivity index (χ2n) is 8.69. The van der Waals surface area contributed by atoms with Gasteiger partial charge in [0.15, 0.2) is 0 Å². The third-order valence-corrected chi connectivity index (χ3v) is 7.27. The maximum atomic E-state index is 13.5. The van der Waals surface area contributed by atoms with E-state index in [9.17, 15) is 14.0 Å².